The van der Waals surface area contributed by atoms with Gasteiger partial charge in [-0.2, -0.15) is 0 Å². The number of allylic oxidation sites excluding steroid dienone is 2. The quantitative estimate of drug-likeness (QED) is 0.551. The first kappa shape index (κ1) is 10.4. The van der Waals surface area contributed by atoms with Crippen LogP contribution < -0.4 is 0 Å². The van der Waals surface area contributed by atoms with Crippen LogP contribution >= 0.6 is 0 Å². The third-order valence-corrected chi connectivity index (χ3v) is 1.57. The first-order chi connectivity index (χ1) is 5.02. The van der Waals surface area contributed by atoms with Crippen molar-refractivity contribution in [1.82, 2.24) is 0 Å². The van der Waals surface area contributed by atoms with Crippen LogP contribution in [0.15, 0.2) is 16.8 Å². The summed E-state index contributed by atoms with van der Waals surface area (Å²) in [7, 11) is 0. The smallest absolute Gasteiger partial charge is 0.0410 e. The van der Waals surface area contributed by atoms with Gasteiger partial charge in [0.2, 0.25) is 0 Å². The Bertz CT molecular complexity index is 149. The summed E-state index contributed by atoms with van der Waals surface area (Å²) in [5.74, 6) is 0. The Balaban J connectivity index is 4.27. The topological polar surface area (TPSA) is 12.4 Å². The lowest BCUT2D eigenvalue weighted by Gasteiger charge is -2.18. The van der Waals surface area contributed by atoms with Crippen LogP contribution in [-0.2, 0) is 0 Å². The lowest BCUT2D eigenvalue weighted by atomic mass is 9.91. The molecule has 0 aliphatic rings. The number of nitrogens with zero attached hydrogens (tertiary/aromatic N) is 1. The molecule has 0 heterocycles. The van der Waals surface area contributed by atoms with Crippen molar-refractivity contribution in [1.29, 1.82) is 0 Å². The van der Waals surface area contributed by atoms with E-state index in [1.54, 1.807) is 0 Å². The van der Waals surface area contributed by atoms with Gasteiger partial charge in [-0.1, -0.05) is 40.2 Å². The van der Waals surface area contributed by atoms with Gasteiger partial charge in [0.05, 0.1) is 0 Å². The van der Waals surface area contributed by atoms with Crippen molar-refractivity contribution in [2.45, 2.75) is 40.5 Å². The molecule has 0 aliphatic heterocycles. The molecule has 0 fully saturated rings. The molecular weight excluding hydrogens is 134 g/mol. The highest BCUT2D eigenvalue weighted by Crippen LogP contribution is 2.26. The fourth-order valence-corrected chi connectivity index (χ4v) is 0.889. The molecule has 0 aromatic carbocycles. The monoisotopic (exact) mass is 153 g/mol. The third kappa shape index (κ3) is 3.97. The van der Waals surface area contributed by atoms with Crippen LogP contribution in [0.5, 0.6) is 0 Å². The minimum absolute atomic E-state index is 0.150. The maximum Gasteiger partial charge on any atom is 0.0410 e. The van der Waals surface area contributed by atoms with Crippen LogP contribution in [0.4, 0.5) is 0 Å². The van der Waals surface area contributed by atoms with Crippen molar-refractivity contribution in [2.75, 3.05) is 0 Å². The Morgan fingerprint density at radius 3 is 2.27 bits per heavy atom. The van der Waals surface area contributed by atoms with Crippen LogP contribution in [0.3, 0.4) is 0 Å². The van der Waals surface area contributed by atoms with Gasteiger partial charge in [0.15, 0.2) is 0 Å². The van der Waals surface area contributed by atoms with E-state index in [0.717, 1.165) is 12.1 Å². The van der Waals surface area contributed by atoms with Gasteiger partial charge < -0.3 is 0 Å². The maximum absolute atomic E-state index is 4.01. The van der Waals surface area contributed by atoms with Gasteiger partial charge >= 0.3 is 0 Å². The molecule has 0 rings (SSSR count). The molecule has 0 unspecified atom stereocenters. The van der Waals surface area contributed by atoms with E-state index in [9.17, 15) is 0 Å². The molecule has 0 radical (unpaired) electrons. The Hall–Kier alpha value is -0.590. The van der Waals surface area contributed by atoms with E-state index in [-0.39, 0.29) is 5.41 Å². The van der Waals surface area contributed by atoms with Crippen molar-refractivity contribution >= 4 is 6.72 Å². The zero-order valence-corrected chi connectivity index (χ0v) is 8.15. The van der Waals surface area contributed by atoms with E-state index in [1.165, 1.54) is 6.42 Å². The van der Waals surface area contributed by atoms with E-state index in [2.05, 4.69) is 45.5 Å². The van der Waals surface area contributed by atoms with Crippen LogP contribution in [-0.4, -0.2) is 6.72 Å². The predicted molar refractivity (Wildman–Crippen MR) is 52.0 cm³/mol. The summed E-state index contributed by atoms with van der Waals surface area (Å²) in [5, 5.41) is 0. The van der Waals surface area contributed by atoms with Gasteiger partial charge in [0.1, 0.15) is 0 Å². The standard InChI is InChI=1S/C10H19N/c1-6-7-8-9(11-5)10(2,3)4/h8H,5-7H2,1-4H3. The van der Waals surface area contributed by atoms with Gasteiger partial charge in [-0.3, -0.25) is 4.99 Å². The summed E-state index contributed by atoms with van der Waals surface area (Å²) >= 11 is 0. The molecule has 64 valence electrons. The Morgan fingerprint density at radius 1 is 1.45 bits per heavy atom. The molecule has 0 bridgehead atoms. The van der Waals surface area contributed by atoms with Gasteiger partial charge in [-0.05, 0) is 13.1 Å². The van der Waals surface area contributed by atoms with Crippen molar-refractivity contribution in [3.05, 3.63) is 11.8 Å². The van der Waals surface area contributed by atoms with E-state index in [1.807, 2.05) is 0 Å². The minimum atomic E-state index is 0.150. The summed E-state index contributed by atoms with van der Waals surface area (Å²) in [4.78, 5) is 4.01. The first-order valence-electron chi connectivity index (χ1n) is 4.19. The molecule has 11 heavy (non-hydrogen) atoms. The summed E-state index contributed by atoms with van der Waals surface area (Å²) in [6.45, 7) is 12.2. The zero-order valence-electron chi connectivity index (χ0n) is 8.15. The zero-order chi connectivity index (χ0) is 8.91. The van der Waals surface area contributed by atoms with Gasteiger partial charge in [0.25, 0.3) is 0 Å². The highest BCUT2D eigenvalue weighted by Gasteiger charge is 2.14. The number of aliphatic imine (C=N–C) groups is 1. The van der Waals surface area contributed by atoms with Crippen LogP contribution in [0.1, 0.15) is 40.5 Å². The second-order valence-electron chi connectivity index (χ2n) is 3.79. The van der Waals surface area contributed by atoms with Gasteiger partial charge in [-0.15, -0.1) is 0 Å². The van der Waals surface area contributed by atoms with Crippen molar-refractivity contribution in [2.24, 2.45) is 10.4 Å². The Kier molecular flexibility index (Phi) is 4.09. The van der Waals surface area contributed by atoms with Crippen molar-refractivity contribution < 1.29 is 0 Å². The van der Waals surface area contributed by atoms with Gasteiger partial charge in [-0.25, -0.2) is 0 Å². The number of unbranched alkanes of at least 4 members (excludes halogenated alkanes) is 1. The normalized spacial score (nSPS) is 13.3. The first-order valence-corrected chi connectivity index (χ1v) is 4.19. The molecule has 1 heteroatoms. The molecule has 0 saturated heterocycles. The summed E-state index contributed by atoms with van der Waals surface area (Å²) < 4.78 is 0. The van der Waals surface area contributed by atoms with Crippen LogP contribution in [0, 0.1) is 5.41 Å². The molecule has 0 aliphatic carbocycles. The molecule has 0 atom stereocenters. The van der Waals surface area contributed by atoms with E-state index in [0.29, 0.717) is 0 Å². The average Bonchev–Trinajstić information content (AvgIpc) is 1.87. The molecule has 0 aromatic heterocycles. The van der Waals surface area contributed by atoms with Crippen LogP contribution in [0.25, 0.3) is 0 Å². The molecule has 1 nitrogen and oxygen atoms in total. The Morgan fingerprint density at radius 2 is 2.00 bits per heavy atom. The maximum atomic E-state index is 4.01. The second-order valence-corrected chi connectivity index (χ2v) is 3.79. The Labute approximate surface area is 70.2 Å². The molecule has 0 aromatic rings. The lowest BCUT2D eigenvalue weighted by Crippen LogP contribution is -2.07. The molecular formula is C10H19N. The van der Waals surface area contributed by atoms with Crippen molar-refractivity contribution in [3.63, 3.8) is 0 Å². The minimum Gasteiger partial charge on any atom is -0.269 e. The third-order valence-electron chi connectivity index (χ3n) is 1.57. The molecule has 0 amide bonds. The second kappa shape index (κ2) is 4.32. The highest BCUT2D eigenvalue weighted by molar-refractivity contribution is 5.30. The largest absolute Gasteiger partial charge is 0.269 e. The van der Waals surface area contributed by atoms with Crippen LogP contribution in [0.2, 0.25) is 0 Å². The number of rotatable bonds is 3. The fraction of sp³-hybridized carbons (Fsp3) is 0.700. The summed E-state index contributed by atoms with van der Waals surface area (Å²) in [6, 6.07) is 0. The van der Waals surface area contributed by atoms with E-state index in [4.69, 9.17) is 0 Å². The van der Waals surface area contributed by atoms with E-state index >= 15 is 0 Å². The number of hydrogen-bond acceptors (Lipinski definition) is 1. The lowest BCUT2D eigenvalue weighted by molar-refractivity contribution is 0.496. The molecule has 0 spiro atoms. The van der Waals surface area contributed by atoms with Crippen molar-refractivity contribution in [3.8, 4) is 0 Å². The number of hydrogen-bond donors (Lipinski definition) is 0. The van der Waals surface area contributed by atoms with E-state index < -0.39 is 0 Å². The molecule has 0 N–H and O–H groups in total. The van der Waals surface area contributed by atoms with Gasteiger partial charge in [0, 0.05) is 11.1 Å². The summed E-state index contributed by atoms with van der Waals surface area (Å²) in [6.07, 6.45) is 4.45. The summed E-state index contributed by atoms with van der Waals surface area (Å²) in [5.41, 5.74) is 1.26. The highest BCUT2D eigenvalue weighted by atomic mass is 14.7. The predicted octanol–water partition coefficient (Wildman–Crippen LogP) is 3.42. The molecule has 0 saturated carbocycles. The average molecular weight is 153 g/mol. The SMILES string of the molecule is C=NC(=CCCC)C(C)(C)C. The fourth-order valence-electron chi connectivity index (χ4n) is 0.889.